The molecule has 0 unspecified atom stereocenters. The van der Waals surface area contributed by atoms with Gasteiger partial charge in [-0.2, -0.15) is 0 Å². The monoisotopic (exact) mass is 837 g/mol. The predicted molar refractivity (Wildman–Crippen MR) is 206 cm³/mol. The van der Waals surface area contributed by atoms with E-state index in [4.69, 9.17) is 9.97 Å². The van der Waals surface area contributed by atoms with Crippen LogP contribution in [-0.4, -0.2) is 19.6 Å². The third-order valence-corrected chi connectivity index (χ3v) is 9.12. The van der Waals surface area contributed by atoms with E-state index in [0.717, 1.165) is 39.2 Å². The van der Waals surface area contributed by atoms with Crippen LogP contribution in [0.4, 0.5) is 0 Å². The van der Waals surface area contributed by atoms with Crippen molar-refractivity contribution in [2.24, 2.45) is 0 Å². The van der Waals surface area contributed by atoms with E-state index in [1.54, 1.807) is 6.07 Å². The molecule has 0 saturated heterocycles. The summed E-state index contributed by atoms with van der Waals surface area (Å²) >= 11 is 0. The molecule has 257 valence electrons. The molecule has 0 spiro atoms. The topological polar surface area (TPSA) is 50.9 Å². The number of fused-ring (bicyclic) bond motifs is 2. The van der Waals surface area contributed by atoms with Gasteiger partial charge in [0.15, 0.2) is 0 Å². The van der Waals surface area contributed by atoms with Crippen LogP contribution < -0.4 is 0 Å². The van der Waals surface area contributed by atoms with Crippen LogP contribution in [0.2, 0.25) is 0 Å². The van der Waals surface area contributed by atoms with E-state index in [0.29, 0.717) is 17.8 Å². The maximum Gasteiger partial charge on any atom is 0.149 e. The standard InChI is InChI=1S/C25H26N2O.C20H20N.Ir/c1-16(2)18-11-9-12-19(17(3)4)24(18)27-22-14-7-6-13-21(22)26-25(27)20-10-5-8-15-23(20)28;1-13(2)19-12-21-20(18-8-6-5-7-17(18)19)16-10-14(3)9-15(4)11-16;/h5-17,28H,1-4H3;5-10,12-13H,1-4H3;/q;-1;. The minimum absolute atomic E-state index is 0. The molecular formula is C45H46IrN3O-. The molecule has 0 saturated carbocycles. The van der Waals surface area contributed by atoms with Gasteiger partial charge in [0.2, 0.25) is 0 Å². The van der Waals surface area contributed by atoms with Crippen molar-refractivity contribution in [1.29, 1.82) is 0 Å². The van der Waals surface area contributed by atoms with Crippen molar-refractivity contribution < 1.29 is 25.2 Å². The molecule has 0 aliphatic heterocycles. The molecule has 2 aromatic heterocycles. The third-order valence-electron chi connectivity index (χ3n) is 9.12. The van der Waals surface area contributed by atoms with Gasteiger partial charge in [-0.3, -0.25) is 4.57 Å². The maximum absolute atomic E-state index is 10.6. The van der Waals surface area contributed by atoms with Crippen molar-refractivity contribution in [2.45, 2.75) is 73.1 Å². The predicted octanol–water partition coefficient (Wildman–Crippen LogP) is 12.1. The zero-order chi connectivity index (χ0) is 34.8. The molecule has 5 aromatic carbocycles. The van der Waals surface area contributed by atoms with Crippen molar-refractivity contribution in [1.82, 2.24) is 14.5 Å². The number of imidazole rings is 1. The number of rotatable bonds is 6. The number of pyridine rings is 1. The van der Waals surface area contributed by atoms with E-state index in [2.05, 4.69) is 127 Å². The second-order valence-electron chi connectivity index (χ2n) is 13.9. The first-order chi connectivity index (χ1) is 23.5. The van der Waals surface area contributed by atoms with Gasteiger partial charge in [-0.25, -0.2) is 4.98 Å². The van der Waals surface area contributed by atoms with Crippen LogP contribution in [0.5, 0.6) is 5.75 Å². The van der Waals surface area contributed by atoms with Crippen LogP contribution in [0.3, 0.4) is 0 Å². The minimum atomic E-state index is 0. The van der Waals surface area contributed by atoms with E-state index in [-0.39, 0.29) is 25.9 Å². The van der Waals surface area contributed by atoms with Gasteiger partial charge in [0.1, 0.15) is 11.6 Å². The Kier molecular flexibility index (Phi) is 11.4. The second-order valence-corrected chi connectivity index (χ2v) is 13.9. The van der Waals surface area contributed by atoms with Gasteiger partial charge < -0.3 is 10.1 Å². The summed E-state index contributed by atoms with van der Waals surface area (Å²) in [7, 11) is 0. The van der Waals surface area contributed by atoms with Crippen molar-refractivity contribution in [3.05, 3.63) is 143 Å². The summed E-state index contributed by atoms with van der Waals surface area (Å²) in [5.74, 6) is 2.22. The Labute approximate surface area is 310 Å². The van der Waals surface area contributed by atoms with Gasteiger partial charge in [-0.15, -0.1) is 34.9 Å². The Balaban J connectivity index is 0.000000198. The summed E-state index contributed by atoms with van der Waals surface area (Å²) in [4.78, 5) is 9.67. The average molecular weight is 837 g/mol. The number of aryl methyl sites for hydroxylation is 2. The average Bonchev–Trinajstić information content (AvgIpc) is 3.46. The fraction of sp³-hybridized carbons (Fsp3) is 0.244. The first-order valence-corrected chi connectivity index (χ1v) is 17.3. The number of nitrogens with zero attached hydrogens (tertiary/aromatic N) is 3. The summed E-state index contributed by atoms with van der Waals surface area (Å²) in [6.07, 6.45) is 2.02. The number of hydrogen-bond acceptors (Lipinski definition) is 3. The molecule has 4 nitrogen and oxygen atoms in total. The van der Waals surface area contributed by atoms with Crippen LogP contribution in [0.15, 0.2) is 109 Å². The molecule has 1 N–H and O–H groups in total. The number of para-hydroxylation sites is 4. The number of aromatic nitrogens is 3. The number of phenols is 1. The smallest absolute Gasteiger partial charge is 0.149 e. The molecule has 0 fully saturated rings. The van der Waals surface area contributed by atoms with Crippen LogP contribution in [0, 0.1) is 19.9 Å². The molecular weight excluding hydrogens is 791 g/mol. The van der Waals surface area contributed by atoms with Gasteiger partial charge in [0.05, 0.1) is 22.3 Å². The summed E-state index contributed by atoms with van der Waals surface area (Å²) < 4.78 is 2.23. The van der Waals surface area contributed by atoms with Crippen LogP contribution >= 0.6 is 0 Å². The van der Waals surface area contributed by atoms with Crippen molar-refractivity contribution >= 4 is 21.8 Å². The molecule has 0 bridgehead atoms. The SMILES string of the molecule is CC(C)c1cccc(C(C)C)c1-n1c(-c2ccccc2O)nc2ccccc21.Cc1[c-]c(-c2ncc(C(C)C)c3ccccc23)cc(C)c1.[Ir]. The fourth-order valence-corrected chi connectivity index (χ4v) is 6.78. The van der Waals surface area contributed by atoms with Gasteiger partial charge in [-0.1, -0.05) is 122 Å². The molecule has 1 radical (unpaired) electrons. The Bertz CT molecular complexity index is 2220. The van der Waals surface area contributed by atoms with Gasteiger partial charge >= 0.3 is 0 Å². The van der Waals surface area contributed by atoms with Gasteiger partial charge in [-0.05, 0) is 75.2 Å². The second kappa shape index (κ2) is 15.5. The van der Waals surface area contributed by atoms with Crippen LogP contribution in [0.1, 0.15) is 87.1 Å². The third kappa shape index (κ3) is 7.31. The van der Waals surface area contributed by atoms with Gasteiger partial charge in [0, 0.05) is 26.3 Å². The summed E-state index contributed by atoms with van der Waals surface area (Å²) in [6, 6.07) is 38.5. The molecule has 50 heavy (non-hydrogen) atoms. The molecule has 0 atom stereocenters. The quantitative estimate of drug-likeness (QED) is 0.170. The van der Waals surface area contributed by atoms with E-state index in [9.17, 15) is 5.11 Å². The molecule has 0 aliphatic rings. The van der Waals surface area contributed by atoms with Crippen LogP contribution in [0.25, 0.3) is 50.1 Å². The van der Waals surface area contributed by atoms with Crippen molar-refractivity contribution in [3.8, 4) is 34.1 Å². The Morgan fingerprint density at radius 1 is 0.660 bits per heavy atom. The Morgan fingerprint density at radius 3 is 1.90 bits per heavy atom. The maximum atomic E-state index is 10.6. The largest absolute Gasteiger partial charge is 0.507 e. The number of benzene rings is 5. The van der Waals surface area contributed by atoms with Crippen LogP contribution in [-0.2, 0) is 20.1 Å². The van der Waals surface area contributed by atoms with E-state index < -0.39 is 0 Å². The first-order valence-electron chi connectivity index (χ1n) is 17.3. The zero-order valence-corrected chi connectivity index (χ0v) is 32.6. The minimum Gasteiger partial charge on any atom is -0.507 e. The summed E-state index contributed by atoms with van der Waals surface area (Å²) in [5, 5.41) is 13.1. The van der Waals surface area contributed by atoms with E-state index in [1.165, 1.54) is 38.7 Å². The molecule has 7 rings (SSSR count). The molecule has 7 aromatic rings. The number of hydrogen-bond donors (Lipinski definition) is 1. The first kappa shape index (κ1) is 36.7. The summed E-state index contributed by atoms with van der Waals surface area (Å²) in [5.41, 5.74) is 12.3. The number of phenolic OH excluding ortho intramolecular Hbond substituents is 1. The normalized spacial score (nSPS) is 11.3. The molecule has 0 aliphatic carbocycles. The fourth-order valence-electron chi connectivity index (χ4n) is 6.78. The molecule has 5 heteroatoms. The van der Waals surface area contributed by atoms with Crippen molar-refractivity contribution in [2.75, 3.05) is 0 Å². The Morgan fingerprint density at radius 2 is 1.26 bits per heavy atom. The van der Waals surface area contributed by atoms with Gasteiger partial charge in [0.25, 0.3) is 0 Å². The zero-order valence-electron chi connectivity index (χ0n) is 30.2. The van der Waals surface area contributed by atoms with E-state index >= 15 is 0 Å². The summed E-state index contributed by atoms with van der Waals surface area (Å²) in [6.45, 7) is 17.5. The Hall–Kier alpha value is -4.57. The van der Waals surface area contributed by atoms with Crippen molar-refractivity contribution in [3.63, 3.8) is 0 Å². The van der Waals surface area contributed by atoms with E-state index in [1.807, 2.05) is 42.6 Å². The molecule has 2 heterocycles. The molecule has 0 amide bonds. The number of aromatic hydroxyl groups is 1.